The Balaban J connectivity index is 1.12. The van der Waals surface area contributed by atoms with Gasteiger partial charge in [0.1, 0.15) is 30.2 Å². The van der Waals surface area contributed by atoms with Crippen molar-refractivity contribution >= 4 is 28.7 Å². The number of rotatable bonds is 10. The van der Waals surface area contributed by atoms with E-state index in [1.165, 1.54) is 31.1 Å². The Kier molecular flexibility index (Phi) is 8.22. The molecule has 1 saturated heterocycles. The van der Waals surface area contributed by atoms with Gasteiger partial charge in [0.25, 0.3) is 0 Å². The van der Waals surface area contributed by atoms with Gasteiger partial charge >= 0.3 is 6.03 Å². The number of aromatic nitrogens is 4. The van der Waals surface area contributed by atoms with Gasteiger partial charge in [-0.15, -0.1) is 0 Å². The molecular formula is C28H40N8O4. The first-order chi connectivity index (χ1) is 19.1. The zero-order chi connectivity index (χ0) is 28.4. The molecule has 1 aliphatic heterocycles. The minimum atomic E-state index is -1.15. The molecule has 1 saturated carbocycles. The number of nitrogens with two attached hydrogens (primary N) is 1. The number of hydrogen-bond acceptors (Lipinski definition) is 9. The standard InChI is InChI=1S/C28H40N8O4/c1-28(2,3)18-7-9-19(10-8-18)34-27(39)30-11-4-12-35(13-17-5-6-17)14-20-22(37)23(38)26(40-20)36-16-33-21-24(29)31-15-32-25(21)36/h7-10,15-17,20,22-23,26,37-38H,4-6,11-14H2,1-3H3,(H2,29,31,32)(H2,30,34,39)/t20?,22-,23-,26?/m1/s1. The van der Waals surface area contributed by atoms with E-state index in [0.717, 1.165) is 25.2 Å². The number of urea groups is 1. The number of imidazole rings is 1. The Hall–Kier alpha value is -3.32. The summed E-state index contributed by atoms with van der Waals surface area (Å²) in [7, 11) is 0. The summed E-state index contributed by atoms with van der Waals surface area (Å²) in [6, 6.07) is 7.66. The van der Waals surface area contributed by atoms with Crippen LogP contribution in [-0.2, 0) is 10.2 Å². The van der Waals surface area contributed by atoms with Crippen molar-refractivity contribution in [2.24, 2.45) is 5.92 Å². The van der Waals surface area contributed by atoms with Gasteiger partial charge in [-0.1, -0.05) is 32.9 Å². The molecule has 1 aliphatic carbocycles. The number of hydrogen-bond donors (Lipinski definition) is 5. The monoisotopic (exact) mass is 552 g/mol. The summed E-state index contributed by atoms with van der Waals surface area (Å²) in [4.78, 5) is 27.1. The fraction of sp³-hybridized carbons (Fsp3) is 0.571. The lowest BCUT2D eigenvalue weighted by Gasteiger charge is -2.26. The third-order valence-corrected chi connectivity index (χ3v) is 7.60. The summed E-state index contributed by atoms with van der Waals surface area (Å²) in [5.74, 6) is 0.869. The molecular weight excluding hydrogens is 512 g/mol. The molecule has 0 spiro atoms. The molecule has 12 nitrogen and oxygen atoms in total. The van der Waals surface area contributed by atoms with Crippen LogP contribution < -0.4 is 16.4 Å². The topological polar surface area (TPSA) is 164 Å². The quantitative estimate of drug-likeness (QED) is 0.237. The zero-order valence-electron chi connectivity index (χ0n) is 23.3. The Morgan fingerprint density at radius 3 is 2.58 bits per heavy atom. The molecule has 2 unspecified atom stereocenters. The van der Waals surface area contributed by atoms with Gasteiger partial charge in [0.15, 0.2) is 17.7 Å². The van der Waals surface area contributed by atoms with Gasteiger partial charge in [-0.3, -0.25) is 4.57 Å². The number of aliphatic hydroxyl groups excluding tert-OH is 2. The number of benzene rings is 1. The lowest BCUT2D eigenvalue weighted by Crippen LogP contribution is -2.42. The summed E-state index contributed by atoms with van der Waals surface area (Å²) >= 11 is 0. The van der Waals surface area contributed by atoms with Gasteiger partial charge in [-0.05, 0) is 54.8 Å². The minimum absolute atomic E-state index is 0.0586. The van der Waals surface area contributed by atoms with Crippen molar-refractivity contribution in [3.8, 4) is 0 Å². The predicted molar refractivity (Wildman–Crippen MR) is 152 cm³/mol. The lowest BCUT2D eigenvalue weighted by atomic mass is 9.87. The summed E-state index contributed by atoms with van der Waals surface area (Å²) in [5, 5.41) is 27.5. The Morgan fingerprint density at radius 1 is 1.12 bits per heavy atom. The van der Waals surface area contributed by atoms with Gasteiger partial charge in [0.05, 0.1) is 6.33 Å². The maximum Gasteiger partial charge on any atom is 0.319 e. The van der Waals surface area contributed by atoms with Crippen LogP contribution >= 0.6 is 0 Å². The van der Waals surface area contributed by atoms with Crippen molar-refractivity contribution in [2.75, 3.05) is 37.2 Å². The van der Waals surface area contributed by atoms with Gasteiger partial charge in [-0.25, -0.2) is 19.7 Å². The van der Waals surface area contributed by atoms with Crippen molar-refractivity contribution < 1.29 is 19.7 Å². The lowest BCUT2D eigenvalue weighted by molar-refractivity contribution is -0.0445. The largest absolute Gasteiger partial charge is 0.387 e. The van der Waals surface area contributed by atoms with E-state index < -0.39 is 24.5 Å². The third kappa shape index (κ3) is 6.52. The highest BCUT2D eigenvalue weighted by Gasteiger charge is 2.45. The highest BCUT2D eigenvalue weighted by molar-refractivity contribution is 5.89. The normalized spacial score (nSPS) is 23.1. The first-order valence-electron chi connectivity index (χ1n) is 13.9. The van der Waals surface area contributed by atoms with Crippen molar-refractivity contribution in [2.45, 2.75) is 70.0 Å². The Morgan fingerprint density at radius 2 is 1.88 bits per heavy atom. The highest BCUT2D eigenvalue weighted by Crippen LogP contribution is 2.34. The first-order valence-corrected chi connectivity index (χ1v) is 13.9. The van der Waals surface area contributed by atoms with E-state index in [1.54, 1.807) is 4.57 Å². The molecule has 6 N–H and O–H groups in total. The summed E-state index contributed by atoms with van der Waals surface area (Å²) in [6.07, 6.45) is 2.28. The van der Waals surface area contributed by atoms with Crippen molar-refractivity contribution in [1.82, 2.24) is 29.7 Å². The second-order valence-corrected chi connectivity index (χ2v) is 11.9. The maximum atomic E-state index is 12.4. The number of carbonyl (C=O) groups is 1. The van der Waals surface area contributed by atoms with E-state index in [4.69, 9.17) is 10.5 Å². The van der Waals surface area contributed by atoms with Gasteiger partial charge in [-0.2, -0.15) is 0 Å². The van der Waals surface area contributed by atoms with E-state index in [2.05, 4.69) is 51.3 Å². The smallest absolute Gasteiger partial charge is 0.319 e. The number of ether oxygens (including phenoxy) is 1. The number of nitrogens with one attached hydrogen (secondary N) is 2. The fourth-order valence-corrected chi connectivity index (χ4v) is 5.08. The molecule has 2 aliphatic rings. The molecule has 3 heterocycles. The summed E-state index contributed by atoms with van der Waals surface area (Å²) in [6.45, 7) is 9.04. The maximum absolute atomic E-state index is 12.4. The molecule has 12 heteroatoms. The zero-order valence-corrected chi connectivity index (χ0v) is 23.3. The summed E-state index contributed by atoms with van der Waals surface area (Å²) < 4.78 is 7.74. The van der Waals surface area contributed by atoms with Crippen LogP contribution in [0.5, 0.6) is 0 Å². The minimum Gasteiger partial charge on any atom is -0.387 e. The predicted octanol–water partition coefficient (Wildman–Crippen LogP) is 2.25. The van der Waals surface area contributed by atoms with Crippen LogP contribution in [0, 0.1) is 5.92 Å². The van der Waals surface area contributed by atoms with E-state index in [1.807, 2.05) is 24.3 Å². The number of fused-ring (bicyclic) bond motifs is 1. The van der Waals surface area contributed by atoms with E-state index in [0.29, 0.717) is 30.2 Å². The van der Waals surface area contributed by atoms with Crippen LogP contribution in [0.2, 0.25) is 0 Å². The van der Waals surface area contributed by atoms with Gasteiger partial charge in [0.2, 0.25) is 0 Å². The van der Waals surface area contributed by atoms with Crippen LogP contribution in [0.1, 0.15) is 51.8 Å². The highest BCUT2D eigenvalue weighted by atomic mass is 16.6. The number of nitrogens with zero attached hydrogens (tertiary/aromatic N) is 5. The molecule has 40 heavy (non-hydrogen) atoms. The molecule has 3 aromatic rings. The second kappa shape index (κ2) is 11.7. The van der Waals surface area contributed by atoms with Gasteiger partial charge in [0, 0.05) is 25.3 Å². The third-order valence-electron chi connectivity index (χ3n) is 7.60. The average molecular weight is 553 g/mol. The van der Waals surface area contributed by atoms with Crippen LogP contribution in [0.3, 0.4) is 0 Å². The molecule has 2 amide bonds. The molecule has 2 aromatic heterocycles. The van der Waals surface area contributed by atoms with Gasteiger partial charge < -0.3 is 36.2 Å². The van der Waals surface area contributed by atoms with Crippen molar-refractivity contribution in [1.29, 1.82) is 0 Å². The molecule has 4 atom stereocenters. The van der Waals surface area contributed by atoms with E-state index in [9.17, 15) is 15.0 Å². The fourth-order valence-electron chi connectivity index (χ4n) is 5.08. The Bertz CT molecular complexity index is 1300. The van der Waals surface area contributed by atoms with Crippen LogP contribution in [0.25, 0.3) is 11.2 Å². The molecule has 1 aromatic carbocycles. The van der Waals surface area contributed by atoms with Crippen molar-refractivity contribution in [3.05, 3.63) is 42.5 Å². The Labute approximate surface area is 234 Å². The number of carbonyl (C=O) groups excluding carboxylic acids is 1. The second-order valence-electron chi connectivity index (χ2n) is 11.9. The van der Waals surface area contributed by atoms with Crippen LogP contribution in [-0.4, -0.2) is 85.2 Å². The molecule has 0 radical (unpaired) electrons. The first kappa shape index (κ1) is 28.2. The molecule has 5 rings (SSSR count). The number of aliphatic hydroxyl groups is 2. The van der Waals surface area contributed by atoms with Crippen LogP contribution in [0.4, 0.5) is 16.3 Å². The molecule has 0 bridgehead atoms. The number of nitrogen functional groups attached to an aromatic ring is 1. The average Bonchev–Trinajstić information content (AvgIpc) is 3.56. The SMILES string of the molecule is CC(C)(C)c1ccc(NC(=O)NCCCN(CC2CC2)CC2OC(n3cnc4c(N)ncnc43)[C@H](O)[C@@H]2O)cc1. The number of amides is 2. The molecule has 2 fully saturated rings. The number of anilines is 2. The van der Waals surface area contributed by atoms with E-state index in [-0.39, 0.29) is 17.3 Å². The van der Waals surface area contributed by atoms with Crippen molar-refractivity contribution in [3.63, 3.8) is 0 Å². The van der Waals surface area contributed by atoms with E-state index >= 15 is 0 Å². The van der Waals surface area contributed by atoms with Crippen LogP contribution in [0.15, 0.2) is 36.9 Å². The molecule has 216 valence electrons. The summed E-state index contributed by atoms with van der Waals surface area (Å²) in [5.41, 5.74) is 8.77.